The second-order valence-electron chi connectivity index (χ2n) is 6.69. The summed E-state index contributed by atoms with van der Waals surface area (Å²) in [5.74, 6) is 0.712. The Morgan fingerprint density at radius 1 is 1.17 bits per heavy atom. The van der Waals surface area contributed by atoms with Gasteiger partial charge in [-0.25, -0.2) is 4.68 Å². The van der Waals surface area contributed by atoms with Gasteiger partial charge in [0.05, 0.1) is 6.54 Å². The Labute approximate surface area is 136 Å². The molecule has 0 spiro atoms. The standard InChI is InChI=1S/C15H26N6O2/c22-11-14-10-20(15(23)4-7-21-12-16-17-18-21)9-13(14)8-19-5-2-1-3-6-19/h12-14,22H,1-11H2/t13-,14-/m1/s1. The van der Waals surface area contributed by atoms with Crippen molar-refractivity contribution in [3.63, 3.8) is 0 Å². The van der Waals surface area contributed by atoms with Gasteiger partial charge in [0.25, 0.3) is 0 Å². The van der Waals surface area contributed by atoms with E-state index in [1.807, 2.05) is 4.90 Å². The second kappa shape index (κ2) is 7.83. The van der Waals surface area contributed by atoms with Crippen molar-refractivity contribution >= 4 is 5.91 Å². The van der Waals surface area contributed by atoms with E-state index in [9.17, 15) is 9.90 Å². The number of amides is 1. The highest BCUT2D eigenvalue weighted by molar-refractivity contribution is 5.76. The van der Waals surface area contributed by atoms with E-state index in [2.05, 4.69) is 20.4 Å². The van der Waals surface area contributed by atoms with E-state index >= 15 is 0 Å². The quantitative estimate of drug-likeness (QED) is 0.768. The zero-order chi connectivity index (χ0) is 16.1. The molecule has 3 rings (SSSR count). The molecule has 2 aliphatic rings. The van der Waals surface area contributed by atoms with E-state index < -0.39 is 0 Å². The lowest BCUT2D eigenvalue weighted by Crippen LogP contribution is -2.37. The first-order valence-electron chi connectivity index (χ1n) is 8.58. The Bertz CT molecular complexity index is 488. The molecule has 1 N–H and O–H groups in total. The molecule has 2 fully saturated rings. The fourth-order valence-electron chi connectivity index (χ4n) is 3.68. The van der Waals surface area contributed by atoms with Crippen LogP contribution in [-0.2, 0) is 11.3 Å². The van der Waals surface area contributed by atoms with Gasteiger partial charge in [-0.15, -0.1) is 5.10 Å². The lowest BCUT2D eigenvalue weighted by atomic mass is 9.95. The van der Waals surface area contributed by atoms with Crippen LogP contribution in [0.3, 0.4) is 0 Å². The van der Waals surface area contributed by atoms with E-state index in [4.69, 9.17) is 0 Å². The van der Waals surface area contributed by atoms with Crippen LogP contribution < -0.4 is 0 Å². The number of hydrogen-bond acceptors (Lipinski definition) is 6. The first-order valence-corrected chi connectivity index (χ1v) is 8.58. The number of aliphatic hydroxyl groups excluding tert-OH is 1. The zero-order valence-electron chi connectivity index (χ0n) is 13.5. The summed E-state index contributed by atoms with van der Waals surface area (Å²) in [6.07, 6.45) is 5.79. The van der Waals surface area contributed by atoms with Crippen molar-refractivity contribution in [2.24, 2.45) is 11.8 Å². The highest BCUT2D eigenvalue weighted by Crippen LogP contribution is 2.25. The van der Waals surface area contributed by atoms with Crippen LogP contribution in [0.15, 0.2) is 6.33 Å². The van der Waals surface area contributed by atoms with Gasteiger partial charge in [0.1, 0.15) is 6.33 Å². The molecule has 1 amide bonds. The van der Waals surface area contributed by atoms with Crippen molar-refractivity contribution in [1.29, 1.82) is 0 Å². The molecule has 1 aromatic heterocycles. The fourth-order valence-corrected chi connectivity index (χ4v) is 3.68. The highest BCUT2D eigenvalue weighted by Gasteiger charge is 2.35. The van der Waals surface area contributed by atoms with Crippen molar-refractivity contribution in [3.8, 4) is 0 Å². The summed E-state index contributed by atoms with van der Waals surface area (Å²) in [6.45, 7) is 5.41. The maximum absolute atomic E-state index is 12.4. The van der Waals surface area contributed by atoms with Crippen LogP contribution in [0.2, 0.25) is 0 Å². The summed E-state index contributed by atoms with van der Waals surface area (Å²) >= 11 is 0. The molecule has 128 valence electrons. The van der Waals surface area contributed by atoms with E-state index in [1.54, 1.807) is 4.68 Å². The number of hydrogen-bond donors (Lipinski definition) is 1. The van der Waals surface area contributed by atoms with Gasteiger partial charge in [-0.3, -0.25) is 4.79 Å². The molecule has 2 aliphatic heterocycles. The molecule has 2 atom stereocenters. The lowest BCUT2D eigenvalue weighted by molar-refractivity contribution is -0.130. The molecule has 0 aliphatic carbocycles. The molecule has 3 heterocycles. The van der Waals surface area contributed by atoms with Gasteiger partial charge < -0.3 is 14.9 Å². The van der Waals surface area contributed by atoms with Crippen molar-refractivity contribution in [2.75, 3.05) is 39.3 Å². The highest BCUT2D eigenvalue weighted by atomic mass is 16.3. The Balaban J connectivity index is 1.49. The molecular weight excluding hydrogens is 296 g/mol. The minimum atomic E-state index is 0.125. The van der Waals surface area contributed by atoms with Gasteiger partial charge in [-0.1, -0.05) is 6.42 Å². The summed E-state index contributed by atoms with van der Waals surface area (Å²) < 4.78 is 1.57. The number of tetrazole rings is 1. The predicted molar refractivity (Wildman–Crippen MR) is 83.4 cm³/mol. The molecule has 23 heavy (non-hydrogen) atoms. The first kappa shape index (κ1) is 16.3. The Morgan fingerprint density at radius 2 is 1.96 bits per heavy atom. The maximum Gasteiger partial charge on any atom is 0.224 e. The molecule has 1 aromatic rings. The lowest BCUT2D eigenvalue weighted by Gasteiger charge is -2.30. The number of carbonyl (C=O) groups excluding carboxylic acids is 1. The largest absolute Gasteiger partial charge is 0.396 e. The predicted octanol–water partition coefficient (Wildman–Crippen LogP) is -0.384. The number of aryl methyl sites for hydroxylation is 1. The number of rotatable bonds is 6. The fraction of sp³-hybridized carbons (Fsp3) is 0.867. The summed E-state index contributed by atoms with van der Waals surface area (Å²) in [5, 5.41) is 20.6. The molecular formula is C15H26N6O2. The monoisotopic (exact) mass is 322 g/mol. The summed E-state index contributed by atoms with van der Waals surface area (Å²) in [7, 11) is 0. The minimum Gasteiger partial charge on any atom is -0.396 e. The molecule has 2 saturated heterocycles. The van der Waals surface area contributed by atoms with Gasteiger partial charge in [0.2, 0.25) is 5.91 Å². The minimum absolute atomic E-state index is 0.125. The van der Waals surface area contributed by atoms with Crippen LogP contribution in [0.25, 0.3) is 0 Å². The van der Waals surface area contributed by atoms with Gasteiger partial charge >= 0.3 is 0 Å². The van der Waals surface area contributed by atoms with Gasteiger partial charge in [0, 0.05) is 38.6 Å². The third-order valence-corrected chi connectivity index (χ3v) is 5.05. The number of aromatic nitrogens is 4. The molecule has 0 radical (unpaired) electrons. The summed E-state index contributed by atoms with van der Waals surface area (Å²) in [4.78, 5) is 16.8. The third kappa shape index (κ3) is 4.26. The van der Waals surface area contributed by atoms with E-state index in [0.29, 0.717) is 25.4 Å². The second-order valence-corrected chi connectivity index (χ2v) is 6.69. The summed E-state index contributed by atoms with van der Waals surface area (Å²) in [5.41, 5.74) is 0. The van der Waals surface area contributed by atoms with Gasteiger partial charge in [0.15, 0.2) is 0 Å². The molecule has 8 nitrogen and oxygen atoms in total. The van der Waals surface area contributed by atoms with Crippen LogP contribution in [0.5, 0.6) is 0 Å². The van der Waals surface area contributed by atoms with Crippen LogP contribution in [0.4, 0.5) is 0 Å². The van der Waals surface area contributed by atoms with Crippen molar-refractivity contribution < 1.29 is 9.90 Å². The van der Waals surface area contributed by atoms with Crippen molar-refractivity contribution in [3.05, 3.63) is 6.33 Å². The third-order valence-electron chi connectivity index (χ3n) is 5.05. The normalized spacial score (nSPS) is 25.9. The molecule has 8 heteroatoms. The molecule has 0 aromatic carbocycles. The van der Waals surface area contributed by atoms with Crippen LogP contribution >= 0.6 is 0 Å². The zero-order valence-corrected chi connectivity index (χ0v) is 13.5. The Hall–Kier alpha value is -1.54. The van der Waals surface area contributed by atoms with E-state index in [1.165, 1.54) is 25.6 Å². The average Bonchev–Trinajstić information content (AvgIpc) is 3.23. The molecule has 0 unspecified atom stereocenters. The van der Waals surface area contributed by atoms with Crippen LogP contribution in [-0.4, -0.2) is 80.4 Å². The molecule has 0 bridgehead atoms. The maximum atomic E-state index is 12.4. The van der Waals surface area contributed by atoms with Crippen LogP contribution in [0.1, 0.15) is 25.7 Å². The van der Waals surface area contributed by atoms with E-state index in [0.717, 1.165) is 26.2 Å². The summed E-state index contributed by atoms with van der Waals surface area (Å²) in [6, 6.07) is 0. The van der Waals surface area contributed by atoms with Crippen molar-refractivity contribution in [2.45, 2.75) is 32.2 Å². The Kier molecular flexibility index (Phi) is 5.56. The van der Waals surface area contributed by atoms with E-state index in [-0.39, 0.29) is 18.4 Å². The first-order chi connectivity index (χ1) is 11.3. The number of carbonyl (C=O) groups is 1. The van der Waals surface area contributed by atoms with Gasteiger partial charge in [-0.05, 0) is 42.3 Å². The number of nitrogens with zero attached hydrogens (tertiary/aromatic N) is 6. The Morgan fingerprint density at radius 3 is 2.65 bits per heavy atom. The van der Waals surface area contributed by atoms with Crippen molar-refractivity contribution in [1.82, 2.24) is 30.0 Å². The topological polar surface area (TPSA) is 87.4 Å². The smallest absolute Gasteiger partial charge is 0.224 e. The number of aliphatic hydroxyl groups is 1. The number of likely N-dealkylation sites (tertiary alicyclic amines) is 2. The van der Waals surface area contributed by atoms with Gasteiger partial charge in [-0.2, -0.15) is 0 Å². The SMILES string of the molecule is O=C(CCn1cnnn1)N1C[C@@H](CN2CCCCC2)[C@@H](CO)C1. The average molecular weight is 322 g/mol. The van der Waals surface area contributed by atoms with Crippen LogP contribution in [0, 0.1) is 11.8 Å². The molecule has 0 saturated carbocycles. The number of piperidine rings is 1.